The Morgan fingerprint density at radius 3 is 2.41 bits per heavy atom. The Morgan fingerprint density at radius 1 is 1.18 bits per heavy atom. The smallest absolute Gasteiger partial charge is 0.222 e. The number of Topliss-reactive ketones (excluding diaryl/α,β-unsaturated/α-hetero) is 1. The van der Waals surface area contributed by atoms with E-state index in [-0.39, 0.29) is 24.3 Å². The van der Waals surface area contributed by atoms with E-state index in [4.69, 9.17) is 0 Å². The van der Waals surface area contributed by atoms with Gasteiger partial charge in [0.1, 0.15) is 11.6 Å². The lowest BCUT2D eigenvalue weighted by Crippen LogP contribution is -2.22. The van der Waals surface area contributed by atoms with Gasteiger partial charge in [-0.2, -0.15) is 0 Å². The lowest BCUT2D eigenvalue weighted by atomic mass is 10.1. The summed E-state index contributed by atoms with van der Waals surface area (Å²) in [5.74, 6) is -2.24. The van der Waals surface area contributed by atoms with Crippen molar-refractivity contribution in [3.63, 3.8) is 0 Å². The number of hydrogen-bond acceptors (Lipinski definition) is 2. The standard InChI is InChI=1S/C12H13F2NO2/c1-15(2)12(17)6-5-11(16)9-7-8(13)3-4-10(9)14/h3-4,7H,5-6H2,1-2H3. The number of carbonyl (C=O) groups is 2. The highest BCUT2D eigenvalue weighted by atomic mass is 19.1. The average molecular weight is 241 g/mol. The third kappa shape index (κ3) is 3.62. The molecule has 0 atom stereocenters. The van der Waals surface area contributed by atoms with Crippen LogP contribution in [0.3, 0.4) is 0 Å². The molecule has 0 aliphatic carbocycles. The van der Waals surface area contributed by atoms with Gasteiger partial charge in [-0.3, -0.25) is 9.59 Å². The maximum atomic E-state index is 13.2. The zero-order valence-corrected chi connectivity index (χ0v) is 9.67. The summed E-state index contributed by atoms with van der Waals surface area (Å²) >= 11 is 0. The number of amides is 1. The fourth-order valence-electron chi connectivity index (χ4n) is 1.29. The van der Waals surface area contributed by atoms with Crippen molar-refractivity contribution in [3.8, 4) is 0 Å². The van der Waals surface area contributed by atoms with Gasteiger partial charge in [0.2, 0.25) is 5.91 Å². The Labute approximate surface area is 98.0 Å². The summed E-state index contributed by atoms with van der Waals surface area (Å²) in [5, 5.41) is 0. The van der Waals surface area contributed by atoms with E-state index in [0.29, 0.717) is 0 Å². The molecule has 3 nitrogen and oxygen atoms in total. The molecule has 0 radical (unpaired) electrons. The number of nitrogens with zero attached hydrogens (tertiary/aromatic N) is 1. The zero-order chi connectivity index (χ0) is 13.0. The molecular formula is C12H13F2NO2. The molecule has 1 rings (SSSR count). The Bertz CT molecular complexity index is 444. The second-order valence-electron chi connectivity index (χ2n) is 3.84. The number of hydrogen-bond donors (Lipinski definition) is 0. The van der Waals surface area contributed by atoms with E-state index < -0.39 is 17.4 Å². The van der Waals surface area contributed by atoms with Crippen LogP contribution in [0.4, 0.5) is 8.78 Å². The van der Waals surface area contributed by atoms with Gasteiger partial charge < -0.3 is 4.90 Å². The fraction of sp³-hybridized carbons (Fsp3) is 0.333. The molecule has 1 aromatic rings. The van der Waals surface area contributed by atoms with Crippen LogP contribution in [0, 0.1) is 11.6 Å². The van der Waals surface area contributed by atoms with Gasteiger partial charge in [-0.25, -0.2) is 8.78 Å². The van der Waals surface area contributed by atoms with Gasteiger partial charge in [0, 0.05) is 26.9 Å². The van der Waals surface area contributed by atoms with Crippen molar-refractivity contribution in [1.29, 1.82) is 0 Å². The van der Waals surface area contributed by atoms with Crippen LogP contribution >= 0.6 is 0 Å². The highest BCUT2D eigenvalue weighted by Gasteiger charge is 2.14. The quantitative estimate of drug-likeness (QED) is 0.756. The van der Waals surface area contributed by atoms with Gasteiger partial charge >= 0.3 is 0 Å². The van der Waals surface area contributed by atoms with Crippen LogP contribution in [0.25, 0.3) is 0 Å². The van der Waals surface area contributed by atoms with Gasteiger partial charge in [0.15, 0.2) is 5.78 Å². The molecule has 0 unspecified atom stereocenters. The third-order valence-electron chi connectivity index (χ3n) is 2.29. The first-order valence-electron chi connectivity index (χ1n) is 5.10. The molecule has 0 N–H and O–H groups in total. The predicted octanol–water partition coefficient (Wildman–Crippen LogP) is 2.02. The van der Waals surface area contributed by atoms with Crippen molar-refractivity contribution < 1.29 is 18.4 Å². The molecule has 17 heavy (non-hydrogen) atoms. The topological polar surface area (TPSA) is 37.4 Å². The van der Waals surface area contributed by atoms with Crippen LogP contribution in [0.15, 0.2) is 18.2 Å². The van der Waals surface area contributed by atoms with Crippen molar-refractivity contribution in [2.75, 3.05) is 14.1 Å². The Morgan fingerprint density at radius 2 is 1.82 bits per heavy atom. The third-order valence-corrected chi connectivity index (χ3v) is 2.29. The summed E-state index contributed by atoms with van der Waals surface area (Å²) in [7, 11) is 3.13. The van der Waals surface area contributed by atoms with Crippen LogP contribution in [0.1, 0.15) is 23.2 Å². The lowest BCUT2D eigenvalue weighted by molar-refractivity contribution is -0.128. The van der Waals surface area contributed by atoms with Crippen LogP contribution in [-0.4, -0.2) is 30.7 Å². The van der Waals surface area contributed by atoms with Gasteiger partial charge in [0.05, 0.1) is 5.56 Å². The minimum absolute atomic E-state index is 0.0121. The van der Waals surface area contributed by atoms with Crippen molar-refractivity contribution in [2.45, 2.75) is 12.8 Å². The maximum absolute atomic E-state index is 13.2. The number of carbonyl (C=O) groups excluding carboxylic acids is 2. The number of benzene rings is 1. The molecule has 0 fully saturated rings. The zero-order valence-electron chi connectivity index (χ0n) is 9.67. The van der Waals surface area contributed by atoms with Crippen molar-refractivity contribution in [3.05, 3.63) is 35.4 Å². The largest absolute Gasteiger partial charge is 0.349 e. The molecule has 92 valence electrons. The van der Waals surface area contributed by atoms with E-state index in [1.54, 1.807) is 14.1 Å². The molecule has 0 aromatic heterocycles. The molecule has 1 amide bonds. The van der Waals surface area contributed by atoms with Crippen molar-refractivity contribution >= 4 is 11.7 Å². The lowest BCUT2D eigenvalue weighted by Gasteiger charge is -2.09. The predicted molar refractivity (Wildman–Crippen MR) is 58.6 cm³/mol. The minimum Gasteiger partial charge on any atom is -0.349 e. The first-order valence-corrected chi connectivity index (χ1v) is 5.10. The Kier molecular flexibility index (Phi) is 4.31. The monoisotopic (exact) mass is 241 g/mol. The first kappa shape index (κ1) is 13.3. The maximum Gasteiger partial charge on any atom is 0.222 e. The summed E-state index contributed by atoms with van der Waals surface area (Å²) in [6.45, 7) is 0. The summed E-state index contributed by atoms with van der Waals surface area (Å²) in [6, 6.07) is 2.69. The Balaban J connectivity index is 2.70. The van der Waals surface area contributed by atoms with Crippen molar-refractivity contribution in [1.82, 2.24) is 4.90 Å². The van der Waals surface area contributed by atoms with Gasteiger partial charge in [-0.1, -0.05) is 0 Å². The fourth-order valence-corrected chi connectivity index (χ4v) is 1.29. The molecule has 0 saturated heterocycles. The van der Waals surface area contributed by atoms with Crippen molar-refractivity contribution in [2.24, 2.45) is 0 Å². The van der Waals surface area contributed by atoms with E-state index in [9.17, 15) is 18.4 Å². The Hall–Kier alpha value is -1.78. The molecule has 0 heterocycles. The van der Waals surface area contributed by atoms with Crippen LogP contribution in [-0.2, 0) is 4.79 Å². The summed E-state index contributed by atoms with van der Waals surface area (Å²) < 4.78 is 26.1. The second kappa shape index (κ2) is 5.52. The highest BCUT2D eigenvalue weighted by Crippen LogP contribution is 2.13. The molecule has 5 heteroatoms. The van der Waals surface area contributed by atoms with E-state index in [2.05, 4.69) is 0 Å². The van der Waals surface area contributed by atoms with Crippen LogP contribution in [0.5, 0.6) is 0 Å². The van der Waals surface area contributed by atoms with Crippen LogP contribution < -0.4 is 0 Å². The summed E-state index contributed by atoms with van der Waals surface area (Å²) in [4.78, 5) is 24.1. The summed E-state index contributed by atoms with van der Waals surface area (Å²) in [6.07, 6.45) is -0.140. The van der Waals surface area contributed by atoms with Gasteiger partial charge in [0.25, 0.3) is 0 Å². The first-order chi connectivity index (χ1) is 7.91. The molecule has 1 aromatic carbocycles. The molecule has 0 aliphatic heterocycles. The highest BCUT2D eigenvalue weighted by molar-refractivity contribution is 5.98. The van der Waals surface area contributed by atoms with Crippen LogP contribution in [0.2, 0.25) is 0 Å². The van der Waals surface area contributed by atoms with Gasteiger partial charge in [-0.05, 0) is 18.2 Å². The average Bonchev–Trinajstić information content (AvgIpc) is 2.28. The van der Waals surface area contributed by atoms with E-state index in [1.807, 2.05) is 0 Å². The normalized spacial score (nSPS) is 10.1. The number of rotatable bonds is 4. The molecule has 0 spiro atoms. The van der Waals surface area contributed by atoms with E-state index in [0.717, 1.165) is 18.2 Å². The van der Waals surface area contributed by atoms with E-state index >= 15 is 0 Å². The number of ketones is 1. The summed E-state index contributed by atoms with van der Waals surface area (Å²) in [5.41, 5.74) is -0.309. The number of halogens is 2. The molecule has 0 bridgehead atoms. The SMILES string of the molecule is CN(C)C(=O)CCC(=O)c1cc(F)ccc1F. The minimum atomic E-state index is -0.770. The van der Waals surface area contributed by atoms with Gasteiger partial charge in [-0.15, -0.1) is 0 Å². The second-order valence-corrected chi connectivity index (χ2v) is 3.84. The van der Waals surface area contributed by atoms with E-state index in [1.165, 1.54) is 4.90 Å². The molecule has 0 aliphatic rings. The molecule has 0 saturated carbocycles. The molecular weight excluding hydrogens is 228 g/mol.